The predicted octanol–water partition coefficient (Wildman–Crippen LogP) is 2.75. The lowest BCUT2D eigenvalue weighted by atomic mass is 10.1. The van der Waals surface area contributed by atoms with Crippen LogP contribution in [0.15, 0.2) is 12.1 Å². The number of hydrogen-bond acceptors (Lipinski definition) is 5. The van der Waals surface area contributed by atoms with Crippen LogP contribution in [0, 0.1) is 10.1 Å². The standard InChI is InChI=1S/C12H16ClN3O3/c13-11-6-8(16(18)19)7-12(15-11)14-9-4-2-1-3-5-10(9)17/h6-7,9-10,17H,1-5H2,(H,14,15). The Kier molecular flexibility index (Phi) is 4.55. The number of nitrogens with zero attached hydrogens (tertiary/aromatic N) is 2. The molecule has 1 aliphatic rings. The Morgan fingerprint density at radius 3 is 2.84 bits per heavy atom. The maximum atomic E-state index is 10.8. The lowest BCUT2D eigenvalue weighted by Crippen LogP contribution is -2.32. The molecule has 2 rings (SSSR count). The Bertz CT molecular complexity index is 470. The highest BCUT2D eigenvalue weighted by Gasteiger charge is 2.22. The van der Waals surface area contributed by atoms with E-state index in [1.54, 1.807) is 0 Å². The minimum absolute atomic E-state index is 0.0693. The van der Waals surface area contributed by atoms with Crippen LogP contribution in [0.4, 0.5) is 11.5 Å². The van der Waals surface area contributed by atoms with E-state index < -0.39 is 11.0 Å². The van der Waals surface area contributed by atoms with Gasteiger partial charge >= 0.3 is 0 Å². The number of nitrogens with one attached hydrogen (secondary N) is 1. The molecule has 1 aromatic rings. The van der Waals surface area contributed by atoms with E-state index in [9.17, 15) is 15.2 Å². The molecule has 0 amide bonds. The first-order chi connectivity index (χ1) is 9.06. The molecule has 2 N–H and O–H groups in total. The fourth-order valence-corrected chi connectivity index (χ4v) is 2.51. The fourth-order valence-electron chi connectivity index (χ4n) is 2.31. The van der Waals surface area contributed by atoms with Gasteiger partial charge in [-0.15, -0.1) is 0 Å². The Morgan fingerprint density at radius 2 is 2.11 bits per heavy atom. The van der Waals surface area contributed by atoms with Crippen LogP contribution < -0.4 is 5.32 Å². The molecule has 0 aromatic carbocycles. The minimum Gasteiger partial charge on any atom is -0.391 e. The first-order valence-corrected chi connectivity index (χ1v) is 6.70. The van der Waals surface area contributed by atoms with Crippen molar-refractivity contribution in [1.29, 1.82) is 0 Å². The molecule has 2 atom stereocenters. The van der Waals surface area contributed by atoms with Crippen molar-refractivity contribution < 1.29 is 10.0 Å². The van der Waals surface area contributed by atoms with Crippen LogP contribution in [0.1, 0.15) is 32.1 Å². The van der Waals surface area contributed by atoms with E-state index in [2.05, 4.69) is 10.3 Å². The number of aliphatic hydroxyl groups is 1. The van der Waals surface area contributed by atoms with Gasteiger partial charge in [0.25, 0.3) is 5.69 Å². The van der Waals surface area contributed by atoms with Crippen LogP contribution in [-0.2, 0) is 0 Å². The number of halogens is 1. The van der Waals surface area contributed by atoms with Gasteiger partial charge in [0.05, 0.1) is 29.2 Å². The summed E-state index contributed by atoms with van der Waals surface area (Å²) in [4.78, 5) is 14.3. The Hall–Kier alpha value is -1.40. The smallest absolute Gasteiger partial charge is 0.276 e. The lowest BCUT2D eigenvalue weighted by Gasteiger charge is -2.22. The summed E-state index contributed by atoms with van der Waals surface area (Å²) in [5.41, 5.74) is -0.106. The zero-order chi connectivity index (χ0) is 13.8. The van der Waals surface area contributed by atoms with Crippen molar-refractivity contribution in [2.24, 2.45) is 0 Å². The number of anilines is 1. The van der Waals surface area contributed by atoms with E-state index in [4.69, 9.17) is 11.6 Å². The Balaban J connectivity index is 2.15. The molecule has 1 heterocycles. The molecule has 6 nitrogen and oxygen atoms in total. The summed E-state index contributed by atoms with van der Waals surface area (Å²) in [6, 6.07) is 2.41. The van der Waals surface area contributed by atoms with Crippen molar-refractivity contribution in [3.63, 3.8) is 0 Å². The van der Waals surface area contributed by atoms with Gasteiger partial charge in [0.1, 0.15) is 11.0 Å². The molecule has 7 heteroatoms. The van der Waals surface area contributed by atoms with Crippen LogP contribution in [0.3, 0.4) is 0 Å². The zero-order valence-corrected chi connectivity index (χ0v) is 11.1. The van der Waals surface area contributed by atoms with Gasteiger partial charge in [-0.2, -0.15) is 0 Å². The van der Waals surface area contributed by atoms with E-state index in [0.29, 0.717) is 5.82 Å². The first kappa shape index (κ1) is 14.0. The summed E-state index contributed by atoms with van der Waals surface area (Å²) < 4.78 is 0. The van der Waals surface area contributed by atoms with Gasteiger partial charge in [0.15, 0.2) is 0 Å². The molecule has 0 spiro atoms. The van der Waals surface area contributed by atoms with Gasteiger partial charge in [-0.3, -0.25) is 10.1 Å². The molecule has 1 aromatic heterocycles. The number of pyridine rings is 1. The van der Waals surface area contributed by atoms with Gasteiger partial charge in [-0.05, 0) is 12.8 Å². The van der Waals surface area contributed by atoms with Crippen molar-refractivity contribution in [3.8, 4) is 0 Å². The van der Waals surface area contributed by atoms with Crippen molar-refractivity contribution in [2.75, 3.05) is 5.32 Å². The first-order valence-electron chi connectivity index (χ1n) is 6.33. The topological polar surface area (TPSA) is 88.3 Å². The third-order valence-electron chi connectivity index (χ3n) is 3.30. The second-order valence-electron chi connectivity index (χ2n) is 4.75. The van der Waals surface area contributed by atoms with Crippen LogP contribution in [0.5, 0.6) is 0 Å². The lowest BCUT2D eigenvalue weighted by molar-refractivity contribution is -0.384. The molecule has 0 bridgehead atoms. The summed E-state index contributed by atoms with van der Waals surface area (Å²) >= 11 is 5.76. The summed E-state index contributed by atoms with van der Waals surface area (Å²) in [5.74, 6) is 0.338. The minimum atomic E-state index is -0.512. The zero-order valence-electron chi connectivity index (χ0n) is 10.4. The molecular weight excluding hydrogens is 270 g/mol. The number of aromatic nitrogens is 1. The van der Waals surface area contributed by atoms with Crippen molar-refractivity contribution >= 4 is 23.1 Å². The van der Waals surface area contributed by atoms with E-state index in [1.807, 2.05) is 0 Å². The summed E-state index contributed by atoms with van der Waals surface area (Å²) in [7, 11) is 0. The number of rotatable bonds is 3. The van der Waals surface area contributed by atoms with Crippen molar-refractivity contribution in [2.45, 2.75) is 44.2 Å². The van der Waals surface area contributed by atoms with Crippen LogP contribution >= 0.6 is 11.6 Å². The SMILES string of the molecule is O=[N+]([O-])c1cc(Cl)nc(NC2CCCCCC2O)c1. The maximum absolute atomic E-state index is 10.8. The number of aliphatic hydroxyl groups excluding tert-OH is 1. The van der Waals surface area contributed by atoms with Gasteiger partial charge in [-0.1, -0.05) is 30.9 Å². The van der Waals surface area contributed by atoms with Gasteiger partial charge in [0, 0.05) is 0 Å². The van der Waals surface area contributed by atoms with Crippen molar-refractivity contribution in [1.82, 2.24) is 4.98 Å². The normalized spacial score (nSPS) is 23.7. The number of hydrogen-bond donors (Lipinski definition) is 2. The molecular formula is C12H16ClN3O3. The molecule has 1 saturated carbocycles. The third kappa shape index (κ3) is 3.78. The molecule has 0 radical (unpaired) electrons. The number of nitro groups is 1. The van der Waals surface area contributed by atoms with Crippen molar-refractivity contribution in [3.05, 3.63) is 27.4 Å². The fraction of sp³-hybridized carbons (Fsp3) is 0.583. The average Bonchev–Trinajstić information content (AvgIpc) is 2.54. The summed E-state index contributed by atoms with van der Waals surface area (Å²) in [5, 5.41) is 23.9. The molecule has 1 fully saturated rings. The van der Waals surface area contributed by atoms with E-state index in [-0.39, 0.29) is 16.9 Å². The molecule has 19 heavy (non-hydrogen) atoms. The van der Waals surface area contributed by atoms with Crippen LogP contribution in [0.25, 0.3) is 0 Å². The molecule has 0 saturated heterocycles. The maximum Gasteiger partial charge on any atom is 0.276 e. The molecule has 2 unspecified atom stereocenters. The monoisotopic (exact) mass is 285 g/mol. The van der Waals surface area contributed by atoms with Gasteiger partial charge in [0.2, 0.25) is 0 Å². The van der Waals surface area contributed by atoms with Crippen LogP contribution in [-0.4, -0.2) is 27.2 Å². The second-order valence-corrected chi connectivity index (χ2v) is 5.13. The van der Waals surface area contributed by atoms with E-state index in [0.717, 1.165) is 32.1 Å². The van der Waals surface area contributed by atoms with E-state index in [1.165, 1.54) is 12.1 Å². The largest absolute Gasteiger partial charge is 0.391 e. The molecule has 0 aliphatic heterocycles. The van der Waals surface area contributed by atoms with E-state index >= 15 is 0 Å². The molecule has 104 valence electrons. The Morgan fingerprint density at radius 1 is 1.37 bits per heavy atom. The average molecular weight is 286 g/mol. The highest BCUT2D eigenvalue weighted by atomic mass is 35.5. The van der Waals surface area contributed by atoms with Gasteiger partial charge in [-0.25, -0.2) is 4.98 Å². The second kappa shape index (κ2) is 6.16. The van der Waals surface area contributed by atoms with Gasteiger partial charge < -0.3 is 10.4 Å². The third-order valence-corrected chi connectivity index (χ3v) is 3.50. The highest BCUT2D eigenvalue weighted by Crippen LogP contribution is 2.24. The van der Waals surface area contributed by atoms with Crippen LogP contribution in [0.2, 0.25) is 5.15 Å². The predicted molar refractivity (Wildman–Crippen MR) is 72.4 cm³/mol. The highest BCUT2D eigenvalue weighted by molar-refractivity contribution is 6.29. The summed E-state index contributed by atoms with van der Waals surface area (Å²) in [6.07, 6.45) is 4.23. The Labute approximate surface area is 116 Å². The quantitative estimate of drug-likeness (QED) is 0.386. The molecule has 1 aliphatic carbocycles. The summed E-state index contributed by atoms with van der Waals surface area (Å²) in [6.45, 7) is 0.